The van der Waals surface area contributed by atoms with Crippen molar-refractivity contribution in [3.63, 3.8) is 0 Å². The Hall–Kier alpha value is -1.86. The van der Waals surface area contributed by atoms with E-state index in [0.717, 1.165) is 16.4 Å². The summed E-state index contributed by atoms with van der Waals surface area (Å²) in [7, 11) is 0. The lowest BCUT2D eigenvalue weighted by Crippen LogP contribution is -2.40. The van der Waals surface area contributed by atoms with E-state index in [0.29, 0.717) is 12.3 Å². The third-order valence-electron chi connectivity index (χ3n) is 4.23. The number of nitrogens with zero attached hydrogens (tertiary/aromatic N) is 2. The summed E-state index contributed by atoms with van der Waals surface area (Å²) in [6, 6.07) is 8.24. The first-order chi connectivity index (χ1) is 12.5. The molecule has 0 saturated carbocycles. The number of hydrogen-bond donors (Lipinski definition) is 0. The van der Waals surface area contributed by atoms with Crippen LogP contribution in [0.3, 0.4) is 0 Å². The van der Waals surface area contributed by atoms with Crippen LogP contribution in [0.2, 0.25) is 0 Å². The summed E-state index contributed by atoms with van der Waals surface area (Å²) in [5, 5.41) is 1.61. The number of thioether (sulfide) groups is 1. The maximum absolute atomic E-state index is 13.0. The maximum Gasteiger partial charge on any atom is 0.311 e. The zero-order valence-corrected chi connectivity index (χ0v) is 16.7. The molecule has 2 heterocycles. The van der Waals surface area contributed by atoms with Crippen molar-refractivity contribution in [2.24, 2.45) is 0 Å². The molecule has 0 unspecified atom stereocenters. The fraction of sp³-hybridized carbons (Fsp3) is 0.421. The Morgan fingerprint density at radius 2 is 2.19 bits per heavy atom. The van der Waals surface area contributed by atoms with Crippen LogP contribution in [0.25, 0.3) is 0 Å². The van der Waals surface area contributed by atoms with Gasteiger partial charge in [-0.25, -0.2) is 4.98 Å². The largest absolute Gasteiger partial charge is 0.466 e. The Bertz CT molecular complexity index is 806. The monoisotopic (exact) mass is 390 g/mol. The second-order valence-electron chi connectivity index (χ2n) is 6.24. The van der Waals surface area contributed by atoms with E-state index >= 15 is 0 Å². The van der Waals surface area contributed by atoms with Crippen molar-refractivity contribution in [2.75, 3.05) is 11.5 Å². The molecule has 26 heavy (non-hydrogen) atoms. The number of aromatic nitrogens is 1. The highest BCUT2D eigenvalue weighted by molar-refractivity contribution is 8.02. The molecule has 0 saturated heterocycles. The van der Waals surface area contributed by atoms with Gasteiger partial charge in [0.05, 0.1) is 24.0 Å². The fourth-order valence-electron chi connectivity index (χ4n) is 3.08. The van der Waals surface area contributed by atoms with Gasteiger partial charge in [-0.3, -0.25) is 9.59 Å². The molecule has 0 aliphatic carbocycles. The van der Waals surface area contributed by atoms with Gasteiger partial charge < -0.3 is 9.64 Å². The highest BCUT2D eigenvalue weighted by Gasteiger charge is 2.33. The van der Waals surface area contributed by atoms with Crippen LogP contribution in [-0.4, -0.2) is 34.8 Å². The van der Waals surface area contributed by atoms with E-state index in [-0.39, 0.29) is 29.6 Å². The predicted octanol–water partition coefficient (Wildman–Crippen LogP) is 3.71. The van der Waals surface area contributed by atoms with Crippen LogP contribution in [0.15, 0.2) is 34.0 Å². The number of hydrogen-bond acceptors (Lipinski definition) is 6. The van der Waals surface area contributed by atoms with E-state index in [1.54, 1.807) is 6.92 Å². The standard InChI is InChI=1S/C19H22N2O3S2/c1-4-24-17(22)10-15-11-25-19(20-15)26-13(3)18(23)21-12(2)9-14-7-5-6-8-16(14)21/h5-8,11-13H,4,9-10H2,1-3H3/t12-,13+/m1/s1. The van der Waals surface area contributed by atoms with Gasteiger partial charge in [0, 0.05) is 17.1 Å². The summed E-state index contributed by atoms with van der Waals surface area (Å²) >= 11 is 2.90. The first kappa shape index (κ1) is 18.9. The van der Waals surface area contributed by atoms with Crippen LogP contribution < -0.4 is 4.90 Å². The number of esters is 1. The lowest BCUT2D eigenvalue weighted by atomic mass is 10.1. The highest BCUT2D eigenvalue weighted by Crippen LogP contribution is 2.35. The Morgan fingerprint density at radius 3 is 2.96 bits per heavy atom. The quantitative estimate of drug-likeness (QED) is 0.556. The number of ether oxygens (including phenoxy) is 1. The molecule has 0 radical (unpaired) electrons. The molecular formula is C19H22N2O3S2. The van der Waals surface area contributed by atoms with Crippen molar-refractivity contribution < 1.29 is 14.3 Å². The minimum Gasteiger partial charge on any atom is -0.466 e. The summed E-state index contributed by atoms with van der Waals surface area (Å²) < 4.78 is 5.74. The van der Waals surface area contributed by atoms with Crippen molar-refractivity contribution in [2.45, 2.75) is 49.2 Å². The van der Waals surface area contributed by atoms with Gasteiger partial charge in [-0.1, -0.05) is 30.0 Å². The molecule has 0 spiro atoms. The molecule has 7 heteroatoms. The number of anilines is 1. The number of benzene rings is 1. The molecule has 2 atom stereocenters. The zero-order valence-electron chi connectivity index (χ0n) is 15.1. The molecule has 0 bridgehead atoms. The highest BCUT2D eigenvalue weighted by atomic mass is 32.2. The van der Waals surface area contributed by atoms with E-state index in [1.165, 1.54) is 28.7 Å². The van der Waals surface area contributed by atoms with Crippen LogP contribution in [0.1, 0.15) is 32.0 Å². The third-order valence-corrected chi connectivity index (χ3v) is 6.34. The van der Waals surface area contributed by atoms with Crippen LogP contribution in [0, 0.1) is 0 Å². The molecule has 138 valence electrons. The lowest BCUT2D eigenvalue weighted by Gasteiger charge is -2.25. The minimum atomic E-state index is -0.277. The number of carbonyl (C=O) groups excluding carboxylic acids is 2. The van der Waals surface area contributed by atoms with Crippen molar-refractivity contribution in [1.82, 2.24) is 4.98 Å². The topological polar surface area (TPSA) is 59.5 Å². The van der Waals surface area contributed by atoms with E-state index in [1.807, 2.05) is 35.4 Å². The number of thiazole rings is 1. The van der Waals surface area contributed by atoms with E-state index in [9.17, 15) is 9.59 Å². The average molecular weight is 391 g/mol. The molecule has 5 nitrogen and oxygen atoms in total. The molecule has 0 fully saturated rings. The predicted molar refractivity (Wildman–Crippen MR) is 105 cm³/mol. The van der Waals surface area contributed by atoms with Gasteiger partial charge in [0.25, 0.3) is 0 Å². The second-order valence-corrected chi connectivity index (χ2v) is 8.68. The number of rotatable bonds is 6. The number of para-hydroxylation sites is 1. The van der Waals surface area contributed by atoms with E-state index in [4.69, 9.17) is 4.74 Å². The normalized spacial score (nSPS) is 17.0. The second kappa shape index (κ2) is 8.22. The Morgan fingerprint density at radius 1 is 1.42 bits per heavy atom. The summed E-state index contributed by atoms with van der Waals surface area (Å²) in [5.41, 5.74) is 2.92. The van der Waals surface area contributed by atoms with Gasteiger partial charge in [-0.2, -0.15) is 0 Å². The summed E-state index contributed by atoms with van der Waals surface area (Å²) in [5.74, 6) is -0.185. The average Bonchev–Trinajstić information content (AvgIpc) is 3.17. The molecule has 3 rings (SSSR count). The summed E-state index contributed by atoms with van der Waals surface area (Å²) in [6.45, 7) is 6.14. The van der Waals surface area contributed by atoms with Crippen molar-refractivity contribution in [1.29, 1.82) is 0 Å². The van der Waals surface area contributed by atoms with Crippen LogP contribution in [-0.2, 0) is 27.2 Å². The molecule has 1 aliphatic heterocycles. The Kier molecular flexibility index (Phi) is 5.98. The Balaban J connectivity index is 1.65. The van der Waals surface area contributed by atoms with Crippen molar-refractivity contribution in [3.8, 4) is 0 Å². The van der Waals surface area contributed by atoms with Gasteiger partial charge in [0.1, 0.15) is 0 Å². The molecule has 2 aromatic rings. The van der Waals surface area contributed by atoms with Crippen molar-refractivity contribution >= 4 is 40.7 Å². The molecular weight excluding hydrogens is 368 g/mol. The number of carbonyl (C=O) groups is 2. The summed E-state index contributed by atoms with van der Waals surface area (Å²) in [6.07, 6.45) is 1.06. The van der Waals surface area contributed by atoms with E-state index < -0.39 is 0 Å². The number of fused-ring (bicyclic) bond motifs is 1. The van der Waals surface area contributed by atoms with Gasteiger partial charge in [-0.05, 0) is 38.8 Å². The maximum atomic E-state index is 13.0. The first-order valence-corrected chi connectivity index (χ1v) is 10.4. The molecule has 1 aliphatic rings. The minimum absolute atomic E-state index is 0.0922. The van der Waals surface area contributed by atoms with Crippen LogP contribution in [0.5, 0.6) is 0 Å². The van der Waals surface area contributed by atoms with Gasteiger partial charge in [-0.15, -0.1) is 11.3 Å². The first-order valence-electron chi connectivity index (χ1n) is 8.67. The van der Waals surface area contributed by atoms with Gasteiger partial charge in [0.15, 0.2) is 4.34 Å². The van der Waals surface area contributed by atoms with Gasteiger partial charge in [0.2, 0.25) is 5.91 Å². The lowest BCUT2D eigenvalue weighted by molar-refractivity contribution is -0.142. The van der Waals surface area contributed by atoms with Crippen molar-refractivity contribution in [3.05, 3.63) is 40.9 Å². The molecule has 1 aromatic heterocycles. The molecule has 1 amide bonds. The molecule has 1 aromatic carbocycles. The third kappa shape index (κ3) is 4.10. The van der Waals surface area contributed by atoms with E-state index in [2.05, 4.69) is 18.0 Å². The van der Waals surface area contributed by atoms with Crippen LogP contribution >= 0.6 is 23.1 Å². The smallest absolute Gasteiger partial charge is 0.311 e. The molecule has 0 N–H and O–H groups in total. The van der Waals surface area contributed by atoms with Gasteiger partial charge >= 0.3 is 5.97 Å². The fourth-order valence-corrected chi connectivity index (χ4v) is 5.11. The zero-order chi connectivity index (χ0) is 18.7. The Labute approximate surface area is 161 Å². The summed E-state index contributed by atoms with van der Waals surface area (Å²) in [4.78, 5) is 30.9. The SMILES string of the molecule is CCOC(=O)Cc1csc(S[C@@H](C)C(=O)N2c3ccccc3C[C@H]2C)n1. The number of amides is 1. The van der Waals surface area contributed by atoms with Crippen LogP contribution in [0.4, 0.5) is 5.69 Å².